The quantitative estimate of drug-likeness (QED) is 0.748. The van der Waals surface area contributed by atoms with Crippen LogP contribution >= 0.6 is 11.3 Å². The first kappa shape index (κ1) is 19.0. The summed E-state index contributed by atoms with van der Waals surface area (Å²) in [7, 11) is 0. The van der Waals surface area contributed by atoms with E-state index >= 15 is 0 Å². The molecule has 0 radical (unpaired) electrons. The molecule has 0 aliphatic carbocycles. The molecular weight excluding hydrogens is 355 g/mol. The van der Waals surface area contributed by atoms with Gasteiger partial charge in [-0.15, -0.1) is 11.3 Å². The molecule has 0 aliphatic heterocycles. The van der Waals surface area contributed by atoms with Crippen LogP contribution in [0.5, 0.6) is 0 Å². The molecule has 0 unspecified atom stereocenters. The second kappa shape index (κ2) is 6.91. The maximum atomic E-state index is 12.7. The maximum absolute atomic E-state index is 12.7. The van der Waals surface area contributed by atoms with Crippen molar-refractivity contribution < 1.29 is 18.0 Å². The fourth-order valence-electron chi connectivity index (χ4n) is 2.20. The van der Waals surface area contributed by atoms with E-state index in [1.54, 1.807) is 0 Å². The van der Waals surface area contributed by atoms with Gasteiger partial charge in [-0.25, -0.2) is 4.79 Å². The molecule has 2 rings (SSSR count). The molecule has 0 aromatic carbocycles. The second-order valence-corrected chi connectivity index (χ2v) is 7.52. The van der Waals surface area contributed by atoms with Crippen LogP contribution < -0.4 is 16.2 Å². The number of H-pyrrole nitrogens is 1. The lowest BCUT2D eigenvalue weighted by molar-refractivity contribution is -0.137. The number of nitrogens with one attached hydrogen (secondary N) is 3. The van der Waals surface area contributed by atoms with Crippen LogP contribution in [0.25, 0.3) is 0 Å². The Hall–Kier alpha value is -2.29. The lowest BCUT2D eigenvalue weighted by Gasteiger charge is -2.30. The Bertz CT molecular complexity index is 792. The number of hydrogen-bond acceptors (Lipinski definition) is 3. The maximum Gasteiger partial charge on any atom is 0.417 e. The van der Waals surface area contributed by atoms with Crippen molar-refractivity contribution in [2.45, 2.75) is 33.0 Å². The molecule has 2 amide bonds. The number of carbonyl (C=O) groups is 1. The predicted molar refractivity (Wildman–Crippen MR) is 90.7 cm³/mol. The van der Waals surface area contributed by atoms with Gasteiger partial charge in [-0.3, -0.25) is 4.79 Å². The van der Waals surface area contributed by atoms with Crippen LogP contribution in [0.15, 0.2) is 34.6 Å². The lowest BCUT2D eigenvalue weighted by Crippen LogP contribution is -2.39. The van der Waals surface area contributed by atoms with E-state index in [0.717, 1.165) is 4.88 Å². The summed E-state index contributed by atoms with van der Waals surface area (Å²) in [6, 6.07) is 3.19. The molecular formula is C16H18F3N3O2S. The van der Waals surface area contributed by atoms with Crippen molar-refractivity contribution in [3.8, 4) is 0 Å². The van der Waals surface area contributed by atoms with Crippen molar-refractivity contribution in [1.82, 2.24) is 10.3 Å². The van der Waals surface area contributed by atoms with Crippen molar-refractivity contribution in [3.05, 3.63) is 50.6 Å². The Morgan fingerprint density at radius 1 is 1.28 bits per heavy atom. The fourth-order valence-corrected chi connectivity index (χ4v) is 3.22. The minimum Gasteiger partial charge on any atom is -0.330 e. The zero-order chi connectivity index (χ0) is 18.8. The third kappa shape index (κ3) is 4.85. The third-order valence-corrected chi connectivity index (χ3v) is 4.39. The molecule has 1 atom stereocenters. The smallest absolute Gasteiger partial charge is 0.330 e. The number of carbonyl (C=O) groups excluding carboxylic acids is 1. The van der Waals surface area contributed by atoms with Gasteiger partial charge in [-0.1, -0.05) is 26.8 Å². The number of aromatic amines is 1. The van der Waals surface area contributed by atoms with Crippen LogP contribution in [0.3, 0.4) is 0 Å². The van der Waals surface area contributed by atoms with Crippen molar-refractivity contribution in [2.75, 3.05) is 5.32 Å². The third-order valence-electron chi connectivity index (χ3n) is 3.45. The summed E-state index contributed by atoms with van der Waals surface area (Å²) in [5.74, 6) is 0. The molecule has 2 aromatic heterocycles. The molecule has 9 heteroatoms. The molecule has 0 bridgehead atoms. The molecule has 136 valence electrons. The van der Waals surface area contributed by atoms with Crippen molar-refractivity contribution >= 4 is 23.1 Å². The van der Waals surface area contributed by atoms with Gasteiger partial charge in [0.05, 0.1) is 11.6 Å². The molecule has 2 aromatic rings. The van der Waals surface area contributed by atoms with Crippen LogP contribution in [0.1, 0.15) is 37.3 Å². The Labute approximate surface area is 146 Å². The van der Waals surface area contributed by atoms with Crippen LogP contribution in [0.2, 0.25) is 0 Å². The van der Waals surface area contributed by atoms with E-state index in [1.807, 2.05) is 43.3 Å². The number of aromatic nitrogens is 1. The second-order valence-electron chi connectivity index (χ2n) is 6.54. The number of hydrogen-bond donors (Lipinski definition) is 3. The summed E-state index contributed by atoms with van der Waals surface area (Å²) in [5.41, 5.74) is -2.66. The van der Waals surface area contributed by atoms with Gasteiger partial charge in [0.1, 0.15) is 5.69 Å². The van der Waals surface area contributed by atoms with Crippen molar-refractivity contribution in [1.29, 1.82) is 0 Å². The van der Waals surface area contributed by atoms with E-state index in [9.17, 15) is 22.8 Å². The van der Waals surface area contributed by atoms with E-state index in [2.05, 4.69) is 10.6 Å². The summed E-state index contributed by atoms with van der Waals surface area (Å²) < 4.78 is 38.2. The minimum atomic E-state index is -4.62. The highest BCUT2D eigenvalue weighted by Crippen LogP contribution is 2.35. The highest BCUT2D eigenvalue weighted by atomic mass is 32.1. The largest absolute Gasteiger partial charge is 0.417 e. The molecule has 5 nitrogen and oxygen atoms in total. The van der Waals surface area contributed by atoms with Gasteiger partial charge < -0.3 is 15.6 Å². The van der Waals surface area contributed by atoms with Crippen LogP contribution in [-0.2, 0) is 6.18 Å². The Morgan fingerprint density at radius 2 is 1.96 bits per heavy atom. The highest BCUT2D eigenvalue weighted by molar-refractivity contribution is 7.10. The average Bonchev–Trinajstić information content (AvgIpc) is 2.98. The number of thiophene rings is 1. The van der Waals surface area contributed by atoms with Crippen LogP contribution in [-0.4, -0.2) is 11.0 Å². The van der Waals surface area contributed by atoms with Gasteiger partial charge >= 0.3 is 12.2 Å². The number of alkyl halides is 3. The van der Waals surface area contributed by atoms with Crippen molar-refractivity contribution in [2.24, 2.45) is 5.41 Å². The summed E-state index contributed by atoms with van der Waals surface area (Å²) in [5, 5.41) is 6.78. The fraction of sp³-hybridized carbons (Fsp3) is 0.375. The van der Waals surface area contributed by atoms with Gasteiger partial charge in [0, 0.05) is 11.1 Å². The SMILES string of the molecule is CC(C)(C)[C@H](NC(=O)Nc1cc(C(F)(F)F)c[nH]c1=O)c1cccs1. The Kier molecular flexibility index (Phi) is 5.26. The monoisotopic (exact) mass is 373 g/mol. The minimum absolute atomic E-state index is 0.331. The first-order valence-electron chi connectivity index (χ1n) is 7.39. The van der Waals surface area contributed by atoms with Gasteiger partial charge in [0.2, 0.25) is 0 Å². The number of pyridine rings is 1. The average molecular weight is 373 g/mol. The van der Waals surface area contributed by atoms with Crippen LogP contribution in [0.4, 0.5) is 23.7 Å². The zero-order valence-corrected chi connectivity index (χ0v) is 14.6. The zero-order valence-electron chi connectivity index (χ0n) is 13.8. The molecule has 0 fully saturated rings. The lowest BCUT2D eigenvalue weighted by atomic mass is 9.86. The topological polar surface area (TPSA) is 74.0 Å². The van der Waals surface area contributed by atoms with Crippen molar-refractivity contribution in [3.63, 3.8) is 0 Å². The summed E-state index contributed by atoms with van der Waals surface area (Å²) in [6.07, 6.45) is -4.06. The van der Waals surface area contributed by atoms with E-state index in [-0.39, 0.29) is 11.5 Å². The van der Waals surface area contributed by atoms with Crippen LogP contribution in [0, 0.1) is 5.41 Å². The van der Waals surface area contributed by atoms with E-state index in [0.29, 0.717) is 12.3 Å². The van der Waals surface area contributed by atoms with E-state index in [4.69, 9.17) is 0 Å². The summed E-state index contributed by atoms with van der Waals surface area (Å²) in [6.45, 7) is 5.78. The Balaban J connectivity index is 2.21. The molecule has 0 aliphatic rings. The van der Waals surface area contributed by atoms with Gasteiger partial charge in [-0.2, -0.15) is 13.2 Å². The van der Waals surface area contributed by atoms with E-state index in [1.165, 1.54) is 11.3 Å². The number of urea groups is 1. The molecule has 3 N–H and O–H groups in total. The summed E-state index contributed by atoms with van der Waals surface area (Å²) in [4.78, 5) is 26.8. The molecule has 0 saturated heterocycles. The normalized spacial score (nSPS) is 13.4. The van der Waals surface area contributed by atoms with Gasteiger partial charge in [-0.05, 0) is 22.9 Å². The highest BCUT2D eigenvalue weighted by Gasteiger charge is 2.32. The van der Waals surface area contributed by atoms with Gasteiger partial charge in [0.15, 0.2) is 0 Å². The first-order valence-corrected chi connectivity index (χ1v) is 8.27. The van der Waals surface area contributed by atoms with Gasteiger partial charge in [0.25, 0.3) is 5.56 Å². The molecule has 0 spiro atoms. The number of halogens is 3. The summed E-state index contributed by atoms with van der Waals surface area (Å²) >= 11 is 1.46. The Morgan fingerprint density at radius 3 is 2.48 bits per heavy atom. The standard InChI is InChI=1S/C16H18F3N3O2S/c1-15(2,3)12(11-5-4-6-25-11)22-14(24)21-10-7-9(16(17,18)19)8-20-13(10)23/h4-8,12H,1-3H3,(H,20,23)(H2,21,22,24)/t12-/m1/s1. The molecule has 0 saturated carbocycles. The predicted octanol–water partition coefficient (Wildman–Crippen LogP) is 4.36. The number of rotatable bonds is 3. The molecule has 2 heterocycles. The van der Waals surface area contributed by atoms with E-state index < -0.39 is 29.0 Å². The number of amides is 2. The first-order chi connectivity index (χ1) is 11.5. The number of anilines is 1. The molecule has 25 heavy (non-hydrogen) atoms.